The lowest BCUT2D eigenvalue weighted by Gasteiger charge is -2.33. The van der Waals surface area contributed by atoms with Crippen molar-refractivity contribution in [1.29, 1.82) is 0 Å². The van der Waals surface area contributed by atoms with Crippen LogP contribution in [0.2, 0.25) is 0 Å². The molecule has 1 N–H and O–H groups in total. The fraction of sp³-hybridized carbons (Fsp3) is 0.500. The number of nitrogens with one attached hydrogen (secondary N) is 1. The highest BCUT2D eigenvalue weighted by Crippen LogP contribution is 2.39. The lowest BCUT2D eigenvalue weighted by Crippen LogP contribution is -2.42. The molecule has 3 heterocycles. The fourth-order valence-electron chi connectivity index (χ4n) is 4.62. The molecule has 0 spiro atoms. The molecule has 1 fully saturated rings. The Morgan fingerprint density at radius 1 is 1.20 bits per heavy atom. The Balaban J connectivity index is 1.58. The van der Waals surface area contributed by atoms with Crippen molar-refractivity contribution >= 4 is 58.1 Å². The Bertz CT molecular complexity index is 1140. The smallest absolute Gasteiger partial charge is 0.250 e. The monoisotopic (exact) mass is 512 g/mol. The number of hydrogen-bond acceptors (Lipinski definition) is 7. The van der Waals surface area contributed by atoms with Gasteiger partial charge in [0.1, 0.15) is 6.04 Å². The van der Waals surface area contributed by atoms with Gasteiger partial charge >= 0.3 is 0 Å². The predicted octanol–water partition coefficient (Wildman–Crippen LogP) is 5.58. The van der Waals surface area contributed by atoms with E-state index in [0.717, 1.165) is 42.4 Å². The second kappa shape index (κ2) is 11.0. The molecule has 186 valence electrons. The first-order valence-corrected chi connectivity index (χ1v) is 14.0. The quantitative estimate of drug-likeness (QED) is 0.489. The van der Waals surface area contributed by atoms with Crippen LogP contribution >= 0.6 is 23.1 Å². The van der Waals surface area contributed by atoms with Gasteiger partial charge in [-0.2, -0.15) is 0 Å². The van der Waals surface area contributed by atoms with Crippen molar-refractivity contribution in [3.63, 3.8) is 0 Å². The molecule has 4 rings (SSSR count). The maximum absolute atomic E-state index is 13.5. The van der Waals surface area contributed by atoms with Crippen LogP contribution in [-0.4, -0.2) is 46.5 Å². The summed E-state index contributed by atoms with van der Waals surface area (Å²) in [6.07, 6.45) is 6.40. The lowest BCUT2D eigenvalue weighted by molar-refractivity contribution is -0.124. The van der Waals surface area contributed by atoms with Gasteiger partial charge in [0.2, 0.25) is 11.8 Å². The summed E-state index contributed by atoms with van der Waals surface area (Å²) < 4.78 is 0. The van der Waals surface area contributed by atoms with Gasteiger partial charge in [-0.3, -0.25) is 24.4 Å². The third kappa shape index (κ3) is 5.67. The van der Waals surface area contributed by atoms with Crippen LogP contribution in [0.3, 0.4) is 0 Å². The highest BCUT2D eigenvalue weighted by molar-refractivity contribution is 8.12. The van der Waals surface area contributed by atoms with Crippen LogP contribution in [-0.2, 0) is 9.59 Å². The van der Waals surface area contributed by atoms with Crippen LogP contribution in [0.5, 0.6) is 0 Å². The van der Waals surface area contributed by atoms with Crippen molar-refractivity contribution in [3.05, 3.63) is 28.8 Å². The molecule has 0 saturated heterocycles. The van der Waals surface area contributed by atoms with Gasteiger partial charge in [0, 0.05) is 17.7 Å². The number of aromatic nitrogens is 1. The van der Waals surface area contributed by atoms with E-state index in [1.165, 1.54) is 23.1 Å². The van der Waals surface area contributed by atoms with Crippen LogP contribution in [0.25, 0.3) is 10.6 Å². The second-order valence-electron chi connectivity index (χ2n) is 9.71. The number of amides is 2. The molecular formula is C26H32N4O3S2. The van der Waals surface area contributed by atoms with Gasteiger partial charge in [-0.15, -0.1) is 23.1 Å². The number of carbonyl (C=O) groups is 3. The van der Waals surface area contributed by atoms with Crippen molar-refractivity contribution < 1.29 is 14.4 Å². The minimum absolute atomic E-state index is 0.00215. The topological polar surface area (TPSA) is 91.7 Å². The average Bonchev–Trinajstić information content (AvgIpc) is 3.51. The van der Waals surface area contributed by atoms with Gasteiger partial charge < -0.3 is 10.2 Å². The van der Waals surface area contributed by atoms with Crippen molar-refractivity contribution in [2.45, 2.75) is 65.5 Å². The number of aliphatic imine (C=N–C) groups is 1. The van der Waals surface area contributed by atoms with Crippen molar-refractivity contribution in [3.8, 4) is 10.6 Å². The predicted molar refractivity (Wildman–Crippen MR) is 145 cm³/mol. The molecule has 1 unspecified atom stereocenters. The zero-order chi connectivity index (χ0) is 25.1. The minimum Gasteiger partial charge on any atom is -0.323 e. The van der Waals surface area contributed by atoms with E-state index in [0.29, 0.717) is 33.6 Å². The SMILES string of the molecule is Cc1cc(-c2cc(N(C(=O)C3CCC(C)CC3)C(C)C)c(C=O)s2)ncc1NC(=O)C1CSC=N1. The second-order valence-corrected chi connectivity index (χ2v) is 11.7. The van der Waals surface area contributed by atoms with Crippen LogP contribution < -0.4 is 10.2 Å². The summed E-state index contributed by atoms with van der Waals surface area (Å²) in [6.45, 7) is 8.13. The van der Waals surface area contributed by atoms with Crippen LogP contribution in [0.4, 0.5) is 11.4 Å². The Morgan fingerprint density at radius 3 is 2.54 bits per heavy atom. The Labute approximate surface area is 214 Å². The number of anilines is 2. The first-order chi connectivity index (χ1) is 16.8. The maximum atomic E-state index is 13.5. The molecule has 1 aliphatic heterocycles. The summed E-state index contributed by atoms with van der Waals surface area (Å²) in [6, 6.07) is 3.37. The molecular weight excluding hydrogens is 480 g/mol. The van der Waals surface area contributed by atoms with Crippen molar-refractivity contribution in [2.24, 2.45) is 16.8 Å². The summed E-state index contributed by atoms with van der Waals surface area (Å²) in [5.74, 6) is 1.27. The molecule has 2 aromatic rings. The Hall–Kier alpha value is -2.52. The molecule has 0 aromatic carbocycles. The van der Waals surface area contributed by atoms with E-state index >= 15 is 0 Å². The Kier molecular flexibility index (Phi) is 8.06. The molecule has 2 amide bonds. The van der Waals surface area contributed by atoms with Gasteiger partial charge in [0.25, 0.3) is 0 Å². The zero-order valence-corrected chi connectivity index (χ0v) is 22.2. The number of carbonyl (C=O) groups excluding carboxylic acids is 3. The molecule has 1 saturated carbocycles. The molecule has 7 nitrogen and oxygen atoms in total. The standard InChI is InChI=1S/C26H32N4O3S2/c1-15(2)30(26(33)18-7-5-16(3)6-8-18)22-10-23(35-24(22)12-31)19-9-17(4)20(11-27-19)29-25(32)21-13-34-14-28-21/h9-12,14-16,18,21H,5-8,13H2,1-4H3,(H,29,32). The maximum Gasteiger partial charge on any atom is 0.250 e. The van der Waals surface area contributed by atoms with E-state index in [-0.39, 0.29) is 29.8 Å². The minimum atomic E-state index is -0.374. The van der Waals surface area contributed by atoms with Crippen molar-refractivity contribution in [1.82, 2.24) is 4.98 Å². The van der Waals surface area contributed by atoms with E-state index in [1.807, 2.05) is 32.9 Å². The summed E-state index contributed by atoms with van der Waals surface area (Å²) in [7, 11) is 0. The third-order valence-electron chi connectivity index (χ3n) is 6.72. The van der Waals surface area contributed by atoms with Crippen LogP contribution in [0.15, 0.2) is 23.3 Å². The van der Waals surface area contributed by atoms with Gasteiger partial charge in [-0.05, 0) is 70.1 Å². The molecule has 2 aromatic heterocycles. The number of rotatable bonds is 7. The molecule has 1 atom stereocenters. The van der Waals surface area contributed by atoms with Gasteiger partial charge in [0.05, 0.1) is 38.6 Å². The van der Waals surface area contributed by atoms with Crippen LogP contribution in [0, 0.1) is 18.8 Å². The summed E-state index contributed by atoms with van der Waals surface area (Å²) >= 11 is 2.86. The lowest BCUT2D eigenvalue weighted by atomic mass is 9.82. The van der Waals surface area contributed by atoms with Crippen LogP contribution in [0.1, 0.15) is 61.7 Å². The third-order valence-corrected chi connectivity index (χ3v) is 8.57. The van der Waals surface area contributed by atoms with E-state index in [2.05, 4.69) is 22.2 Å². The zero-order valence-electron chi connectivity index (χ0n) is 20.6. The van der Waals surface area contributed by atoms with Gasteiger partial charge in [0.15, 0.2) is 6.29 Å². The first-order valence-electron chi connectivity index (χ1n) is 12.1. The molecule has 0 bridgehead atoms. The molecule has 35 heavy (non-hydrogen) atoms. The number of pyridine rings is 1. The number of aldehydes is 1. The number of nitrogens with zero attached hydrogens (tertiary/aromatic N) is 3. The van der Waals surface area contributed by atoms with Gasteiger partial charge in [-0.1, -0.05) is 6.92 Å². The number of thiophene rings is 1. The van der Waals surface area contributed by atoms with E-state index < -0.39 is 0 Å². The molecule has 0 radical (unpaired) electrons. The molecule has 2 aliphatic rings. The van der Waals surface area contributed by atoms with E-state index in [9.17, 15) is 14.4 Å². The van der Waals surface area contributed by atoms with Gasteiger partial charge in [-0.25, -0.2) is 0 Å². The van der Waals surface area contributed by atoms with E-state index in [1.54, 1.807) is 16.6 Å². The van der Waals surface area contributed by atoms with E-state index in [4.69, 9.17) is 0 Å². The fourth-order valence-corrected chi connectivity index (χ4v) is 6.30. The molecule has 1 aliphatic carbocycles. The molecule has 9 heteroatoms. The average molecular weight is 513 g/mol. The highest BCUT2D eigenvalue weighted by Gasteiger charge is 2.32. The largest absolute Gasteiger partial charge is 0.323 e. The highest BCUT2D eigenvalue weighted by atomic mass is 32.2. The normalized spacial score (nSPS) is 21.8. The van der Waals surface area contributed by atoms with Crippen molar-refractivity contribution in [2.75, 3.05) is 16.0 Å². The summed E-state index contributed by atoms with van der Waals surface area (Å²) in [4.78, 5) is 49.8. The Morgan fingerprint density at radius 2 is 1.94 bits per heavy atom. The summed E-state index contributed by atoms with van der Waals surface area (Å²) in [5, 5.41) is 2.91. The number of thioether (sulfide) groups is 1. The summed E-state index contributed by atoms with van der Waals surface area (Å²) in [5.41, 5.74) is 4.58. The first kappa shape index (κ1) is 25.6. The number of hydrogen-bond donors (Lipinski definition) is 1. The number of aryl methyl sites for hydroxylation is 1.